The molecule has 5 heteroatoms. The van der Waals surface area contributed by atoms with Gasteiger partial charge in [-0.05, 0) is 39.0 Å². The van der Waals surface area contributed by atoms with Gasteiger partial charge < -0.3 is 9.64 Å². The van der Waals surface area contributed by atoms with E-state index in [4.69, 9.17) is 4.74 Å². The van der Waals surface area contributed by atoms with Crippen molar-refractivity contribution in [2.45, 2.75) is 26.9 Å². The van der Waals surface area contributed by atoms with Gasteiger partial charge in [0.05, 0.1) is 5.56 Å². The molecule has 0 aliphatic carbocycles. The van der Waals surface area contributed by atoms with E-state index >= 15 is 0 Å². The normalized spacial score (nSPS) is 11.5. The van der Waals surface area contributed by atoms with Gasteiger partial charge in [-0.1, -0.05) is 66.2 Å². The average molecular weight is 415 g/mol. The summed E-state index contributed by atoms with van der Waals surface area (Å²) in [6.45, 7) is 5.77. The van der Waals surface area contributed by atoms with Crippen LogP contribution < -0.4 is 4.90 Å². The highest BCUT2D eigenvalue weighted by Gasteiger charge is 2.26. The van der Waals surface area contributed by atoms with E-state index < -0.39 is 12.1 Å². The van der Waals surface area contributed by atoms with Gasteiger partial charge in [0.25, 0.3) is 5.91 Å². The molecule has 0 aromatic heterocycles. The predicted molar refractivity (Wildman–Crippen MR) is 120 cm³/mol. The van der Waals surface area contributed by atoms with Gasteiger partial charge in [-0.15, -0.1) is 0 Å². The second-order valence-electron chi connectivity index (χ2n) is 7.21. The third-order valence-electron chi connectivity index (χ3n) is 4.99. The van der Waals surface area contributed by atoms with Crippen LogP contribution >= 0.6 is 0 Å². The first-order valence-corrected chi connectivity index (χ1v) is 10.2. The Balaban J connectivity index is 1.80. The van der Waals surface area contributed by atoms with Crippen molar-refractivity contribution in [1.82, 2.24) is 0 Å². The molecule has 0 saturated carbocycles. The van der Waals surface area contributed by atoms with Crippen LogP contribution in [0, 0.1) is 6.92 Å². The van der Waals surface area contributed by atoms with Crippen molar-refractivity contribution < 1.29 is 19.1 Å². The fraction of sp³-hybridized carbons (Fsp3) is 0.192. The summed E-state index contributed by atoms with van der Waals surface area (Å²) in [7, 11) is 0. The van der Waals surface area contributed by atoms with Gasteiger partial charge in [0.2, 0.25) is 0 Å². The monoisotopic (exact) mass is 415 g/mol. The molecule has 158 valence electrons. The van der Waals surface area contributed by atoms with E-state index in [-0.39, 0.29) is 22.8 Å². The molecule has 3 aromatic carbocycles. The first-order chi connectivity index (χ1) is 14.9. The molecule has 0 unspecified atom stereocenters. The maximum absolute atomic E-state index is 13.0. The van der Waals surface area contributed by atoms with Gasteiger partial charge in [0, 0.05) is 23.4 Å². The fourth-order valence-electron chi connectivity index (χ4n) is 3.29. The lowest BCUT2D eigenvalue weighted by atomic mass is 9.98. The Labute approximate surface area is 182 Å². The minimum absolute atomic E-state index is 0.135. The molecule has 0 aliphatic rings. The Morgan fingerprint density at radius 1 is 0.839 bits per heavy atom. The molecule has 31 heavy (non-hydrogen) atoms. The Morgan fingerprint density at radius 3 is 2.03 bits per heavy atom. The number of aryl methyl sites for hydroxylation is 1. The zero-order chi connectivity index (χ0) is 22.4. The van der Waals surface area contributed by atoms with Crippen molar-refractivity contribution >= 4 is 23.3 Å². The topological polar surface area (TPSA) is 63.7 Å². The molecule has 0 aliphatic heterocycles. The number of nitrogens with zero attached hydrogens (tertiary/aromatic N) is 1. The molecular weight excluding hydrogens is 390 g/mol. The van der Waals surface area contributed by atoms with E-state index in [9.17, 15) is 14.4 Å². The Morgan fingerprint density at radius 2 is 1.42 bits per heavy atom. The summed E-state index contributed by atoms with van der Waals surface area (Å²) in [6.07, 6.45) is -1.00. The predicted octanol–water partition coefficient (Wildman–Crippen LogP) is 4.82. The van der Waals surface area contributed by atoms with Crippen LogP contribution in [0.2, 0.25) is 0 Å². The molecule has 0 spiro atoms. The van der Waals surface area contributed by atoms with Crippen molar-refractivity contribution in [2.75, 3.05) is 11.4 Å². The number of ketones is 1. The quantitative estimate of drug-likeness (QED) is 0.410. The fourth-order valence-corrected chi connectivity index (χ4v) is 3.29. The van der Waals surface area contributed by atoms with Crippen LogP contribution in [-0.2, 0) is 9.53 Å². The van der Waals surface area contributed by atoms with E-state index in [1.165, 1.54) is 13.0 Å². The van der Waals surface area contributed by atoms with Crippen LogP contribution in [-0.4, -0.2) is 30.3 Å². The SMILES string of the molecule is CCN(C(=O)[C@@H](C)OC(=O)c1ccccc1C(=O)c1ccc(C)cc1)c1ccccc1. The number of anilines is 1. The second-order valence-corrected chi connectivity index (χ2v) is 7.21. The van der Waals surface area contributed by atoms with E-state index in [1.807, 2.05) is 56.3 Å². The number of hydrogen-bond acceptors (Lipinski definition) is 4. The number of benzene rings is 3. The Hall–Kier alpha value is -3.73. The summed E-state index contributed by atoms with van der Waals surface area (Å²) in [5.41, 5.74) is 2.63. The molecule has 0 fully saturated rings. The molecule has 0 heterocycles. The molecule has 1 atom stereocenters. The third kappa shape index (κ3) is 5.07. The molecule has 1 amide bonds. The van der Waals surface area contributed by atoms with E-state index in [2.05, 4.69) is 0 Å². The van der Waals surface area contributed by atoms with Gasteiger partial charge in [-0.3, -0.25) is 9.59 Å². The number of ether oxygens (including phenoxy) is 1. The van der Waals surface area contributed by atoms with Crippen LogP contribution in [0.15, 0.2) is 78.9 Å². The lowest BCUT2D eigenvalue weighted by Crippen LogP contribution is -2.40. The first kappa shape index (κ1) is 22.0. The molecule has 0 radical (unpaired) electrons. The Bertz CT molecular complexity index is 1070. The molecule has 5 nitrogen and oxygen atoms in total. The highest BCUT2D eigenvalue weighted by molar-refractivity contribution is 6.14. The minimum Gasteiger partial charge on any atom is -0.449 e. The number of hydrogen-bond donors (Lipinski definition) is 0. The van der Waals surface area contributed by atoms with Crippen LogP contribution in [0.5, 0.6) is 0 Å². The smallest absolute Gasteiger partial charge is 0.339 e. The van der Waals surface area contributed by atoms with Crippen LogP contribution in [0.4, 0.5) is 5.69 Å². The summed E-state index contributed by atoms with van der Waals surface area (Å²) in [4.78, 5) is 40.3. The van der Waals surface area contributed by atoms with Crippen molar-refractivity contribution in [3.05, 3.63) is 101 Å². The van der Waals surface area contributed by atoms with Gasteiger partial charge in [0.1, 0.15) is 0 Å². The summed E-state index contributed by atoms with van der Waals surface area (Å²) in [6, 6.07) is 22.8. The summed E-state index contributed by atoms with van der Waals surface area (Å²) in [5.74, 6) is -1.31. The van der Waals surface area contributed by atoms with Crippen LogP contribution in [0.3, 0.4) is 0 Å². The van der Waals surface area contributed by atoms with Crippen LogP contribution in [0.1, 0.15) is 45.7 Å². The Kier molecular flexibility index (Phi) is 6.98. The summed E-state index contributed by atoms with van der Waals surface area (Å²) >= 11 is 0. The minimum atomic E-state index is -1.00. The lowest BCUT2D eigenvalue weighted by Gasteiger charge is -2.24. The van der Waals surface area contributed by atoms with Gasteiger partial charge in [0.15, 0.2) is 11.9 Å². The van der Waals surface area contributed by atoms with E-state index in [1.54, 1.807) is 35.2 Å². The number of rotatable bonds is 7. The lowest BCUT2D eigenvalue weighted by molar-refractivity contribution is -0.126. The molecule has 3 aromatic rings. The molecule has 0 saturated heterocycles. The van der Waals surface area contributed by atoms with Crippen LogP contribution in [0.25, 0.3) is 0 Å². The maximum atomic E-state index is 13.0. The third-order valence-corrected chi connectivity index (χ3v) is 4.99. The van der Waals surface area contributed by atoms with Crippen molar-refractivity contribution in [2.24, 2.45) is 0 Å². The molecule has 0 N–H and O–H groups in total. The van der Waals surface area contributed by atoms with E-state index in [0.717, 1.165) is 11.3 Å². The van der Waals surface area contributed by atoms with Crippen molar-refractivity contribution in [1.29, 1.82) is 0 Å². The number of amides is 1. The number of esters is 1. The number of likely N-dealkylation sites (N-methyl/N-ethyl adjacent to an activating group) is 1. The largest absolute Gasteiger partial charge is 0.449 e. The highest BCUT2D eigenvalue weighted by Crippen LogP contribution is 2.19. The second kappa shape index (κ2) is 9.85. The van der Waals surface area contributed by atoms with Gasteiger partial charge in [-0.2, -0.15) is 0 Å². The molecular formula is C26H25NO4. The van der Waals surface area contributed by atoms with E-state index in [0.29, 0.717) is 12.1 Å². The highest BCUT2D eigenvalue weighted by atomic mass is 16.5. The number of para-hydroxylation sites is 1. The number of carbonyl (C=O) groups is 3. The average Bonchev–Trinajstić information content (AvgIpc) is 2.80. The zero-order valence-electron chi connectivity index (χ0n) is 17.9. The summed E-state index contributed by atoms with van der Waals surface area (Å²) in [5, 5.41) is 0. The molecule has 3 rings (SSSR count). The standard InChI is InChI=1S/C26H25NO4/c1-4-27(21-10-6-5-7-11-21)25(29)19(3)31-26(30)23-13-9-8-12-22(23)24(28)20-16-14-18(2)15-17-20/h5-17,19H,4H2,1-3H3/t19-/m1/s1. The van der Waals surface area contributed by atoms with Crippen molar-refractivity contribution in [3.8, 4) is 0 Å². The maximum Gasteiger partial charge on any atom is 0.339 e. The zero-order valence-corrected chi connectivity index (χ0v) is 17.9. The summed E-state index contributed by atoms with van der Waals surface area (Å²) < 4.78 is 5.47. The first-order valence-electron chi connectivity index (χ1n) is 10.2. The molecule has 0 bridgehead atoms. The van der Waals surface area contributed by atoms with Crippen molar-refractivity contribution in [3.63, 3.8) is 0 Å². The number of carbonyl (C=O) groups excluding carboxylic acids is 3. The van der Waals surface area contributed by atoms with Gasteiger partial charge in [-0.25, -0.2) is 4.79 Å². The van der Waals surface area contributed by atoms with Gasteiger partial charge >= 0.3 is 5.97 Å².